The van der Waals surface area contributed by atoms with Gasteiger partial charge in [0.2, 0.25) is 0 Å². The SMILES string of the molecule is CCCCN(CC)NC(NN(CC)CCCC)=[N+](C)C. The molecule has 0 heterocycles. The number of hydrazine groups is 2. The summed E-state index contributed by atoms with van der Waals surface area (Å²) in [4.78, 5) is 0. The first-order chi connectivity index (χ1) is 9.58. The lowest BCUT2D eigenvalue weighted by Gasteiger charge is -2.23. The van der Waals surface area contributed by atoms with E-state index in [1.54, 1.807) is 0 Å². The van der Waals surface area contributed by atoms with Gasteiger partial charge in [-0.1, -0.05) is 26.7 Å². The Morgan fingerprint density at radius 1 is 0.800 bits per heavy atom. The van der Waals surface area contributed by atoms with Crippen molar-refractivity contribution in [3.63, 3.8) is 0 Å². The fraction of sp³-hybridized carbons (Fsp3) is 0.933. The second kappa shape index (κ2) is 12.0. The van der Waals surface area contributed by atoms with Crippen LogP contribution in [0.1, 0.15) is 53.4 Å². The van der Waals surface area contributed by atoms with Crippen LogP contribution in [0.4, 0.5) is 0 Å². The average Bonchev–Trinajstić information content (AvgIpc) is 2.45. The number of unbranched alkanes of at least 4 members (excludes halogenated alkanes) is 2. The Bertz CT molecular complexity index is 241. The molecule has 0 radical (unpaired) electrons. The van der Waals surface area contributed by atoms with Crippen molar-refractivity contribution < 1.29 is 4.58 Å². The van der Waals surface area contributed by atoms with Gasteiger partial charge in [-0.05, 0) is 26.7 Å². The molecular weight excluding hydrogens is 250 g/mol. The minimum atomic E-state index is 1.00. The maximum atomic E-state index is 3.50. The van der Waals surface area contributed by atoms with Crippen molar-refractivity contribution in [1.82, 2.24) is 20.9 Å². The molecule has 0 amide bonds. The normalized spacial score (nSPS) is 11.0. The molecule has 0 rings (SSSR count). The van der Waals surface area contributed by atoms with Crippen LogP contribution >= 0.6 is 0 Å². The fourth-order valence-electron chi connectivity index (χ4n) is 1.81. The maximum Gasteiger partial charge on any atom is 0.380 e. The summed E-state index contributed by atoms with van der Waals surface area (Å²) in [6, 6.07) is 0. The molecule has 0 saturated carbocycles. The van der Waals surface area contributed by atoms with E-state index in [1.165, 1.54) is 25.7 Å². The topological polar surface area (TPSA) is 33.5 Å². The Morgan fingerprint density at radius 2 is 1.20 bits per heavy atom. The summed E-state index contributed by atoms with van der Waals surface area (Å²) < 4.78 is 2.10. The van der Waals surface area contributed by atoms with E-state index in [2.05, 4.69) is 67.2 Å². The zero-order valence-electron chi connectivity index (χ0n) is 14.5. The zero-order valence-corrected chi connectivity index (χ0v) is 14.5. The number of hydrogen-bond acceptors (Lipinski definition) is 2. The second-order valence-electron chi connectivity index (χ2n) is 5.33. The van der Waals surface area contributed by atoms with Crippen LogP contribution in [0.2, 0.25) is 0 Å². The Morgan fingerprint density at radius 3 is 1.45 bits per heavy atom. The van der Waals surface area contributed by atoms with E-state index in [-0.39, 0.29) is 0 Å². The van der Waals surface area contributed by atoms with Crippen LogP contribution in [0.25, 0.3) is 0 Å². The third kappa shape index (κ3) is 8.38. The van der Waals surface area contributed by atoms with Crippen LogP contribution in [0.3, 0.4) is 0 Å². The van der Waals surface area contributed by atoms with Gasteiger partial charge in [-0.15, -0.1) is 0 Å². The van der Waals surface area contributed by atoms with E-state index in [0.717, 1.165) is 32.1 Å². The molecule has 0 unspecified atom stereocenters. The Kier molecular flexibility index (Phi) is 11.5. The maximum absolute atomic E-state index is 3.50. The fourth-order valence-corrected chi connectivity index (χ4v) is 1.81. The molecule has 0 aliphatic heterocycles. The van der Waals surface area contributed by atoms with Gasteiger partial charge >= 0.3 is 5.96 Å². The van der Waals surface area contributed by atoms with E-state index in [0.29, 0.717) is 0 Å². The molecule has 0 spiro atoms. The summed E-state index contributed by atoms with van der Waals surface area (Å²) in [5.74, 6) is 1.04. The van der Waals surface area contributed by atoms with Crippen LogP contribution in [0.5, 0.6) is 0 Å². The van der Waals surface area contributed by atoms with Gasteiger partial charge in [-0.2, -0.15) is 10.0 Å². The molecule has 0 saturated heterocycles. The second-order valence-corrected chi connectivity index (χ2v) is 5.33. The van der Waals surface area contributed by atoms with Crippen molar-refractivity contribution in [2.75, 3.05) is 40.3 Å². The van der Waals surface area contributed by atoms with Gasteiger partial charge in [0, 0.05) is 26.2 Å². The minimum Gasteiger partial charge on any atom is -0.268 e. The first kappa shape index (κ1) is 19.2. The van der Waals surface area contributed by atoms with Gasteiger partial charge in [0.25, 0.3) is 0 Å². The minimum absolute atomic E-state index is 1.00. The van der Waals surface area contributed by atoms with E-state index in [1.807, 2.05) is 0 Å². The van der Waals surface area contributed by atoms with Gasteiger partial charge in [0.1, 0.15) is 0 Å². The van der Waals surface area contributed by atoms with Gasteiger partial charge in [-0.25, -0.2) is 10.9 Å². The highest BCUT2D eigenvalue weighted by molar-refractivity contribution is 5.73. The first-order valence-electron chi connectivity index (χ1n) is 8.16. The van der Waals surface area contributed by atoms with Crippen LogP contribution in [0, 0.1) is 0 Å². The van der Waals surface area contributed by atoms with E-state index >= 15 is 0 Å². The molecule has 0 fully saturated rings. The average molecular weight is 286 g/mol. The third-order valence-corrected chi connectivity index (χ3v) is 3.30. The lowest BCUT2D eigenvalue weighted by atomic mass is 10.3. The van der Waals surface area contributed by atoms with Crippen LogP contribution in [-0.2, 0) is 0 Å². The predicted molar refractivity (Wildman–Crippen MR) is 87.7 cm³/mol. The summed E-state index contributed by atoms with van der Waals surface area (Å²) >= 11 is 0. The van der Waals surface area contributed by atoms with Gasteiger partial charge in [0.05, 0.1) is 14.1 Å². The van der Waals surface area contributed by atoms with Crippen molar-refractivity contribution in [3.05, 3.63) is 0 Å². The van der Waals surface area contributed by atoms with Gasteiger partial charge in [0.15, 0.2) is 0 Å². The van der Waals surface area contributed by atoms with E-state index in [9.17, 15) is 0 Å². The Balaban J connectivity index is 4.52. The lowest BCUT2D eigenvalue weighted by Crippen LogP contribution is -2.56. The number of guanidine groups is 1. The summed E-state index contributed by atoms with van der Waals surface area (Å²) in [5, 5.41) is 4.53. The van der Waals surface area contributed by atoms with E-state index in [4.69, 9.17) is 0 Å². The molecule has 5 nitrogen and oxygen atoms in total. The highest BCUT2D eigenvalue weighted by Crippen LogP contribution is 1.93. The Labute approximate surface area is 126 Å². The molecule has 0 aromatic heterocycles. The monoisotopic (exact) mass is 286 g/mol. The third-order valence-electron chi connectivity index (χ3n) is 3.30. The summed E-state index contributed by atoms with van der Waals surface area (Å²) in [5.41, 5.74) is 7.00. The molecule has 0 atom stereocenters. The van der Waals surface area contributed by atoms with Crippen molar-refractivity contribution >= 4 is 5.96 Å². The van der Waals surface area contributed by atoms with Crippen molar-refractivity contribution in [2.24, 2.45) is 0 Å². The predicted octanol–water partition coefficient (Wildman–Crippen LogP) is 1.87. The van der Waals surface area contributed by atoms with Crippen molar-refractivity contribution in [2.45, 2.75) is 53.4 Å². The first-order valence-corrected chi connectivity index (χ1v) is 8.16. The molecule has 20 heavy (non-hydrogen) atoms. The number of hydrogen-bond donors (Lipinski definition) is 2. The molecule has 2 N–H and O–H groups in total. The largest absolute Gasteiger partial charge is 0.380 e. The number of nitrogens with zero attached hydrogens (tertiary/aromatic N) is 3. The quantitative estimate of drug-likeness (QED) is 0.278. The lowest BCUT2D eigenvalue weighted by molar-refractivity contribution is -0.471. The molecular formula is C15H36N5+. The molecule has 5 heteroatoms. The summed E-state index contributed by atoms with van der Waals surface area (Å²) in [6.45, 7) is 13.0. The zero-order chi connectivity index (χ0) is 15.4. The molecule has 0 aromatic carbocycles. The highest BCUT2D eigenvalue weighted by Gasteiger charge is 2.16. The summed E-state index contributed by atoms with van der Waals surface area (Å²) in [6.07, 6.45) is 4.88. The smallest absolute Gasteiger partial charge is 0.268 e. The van der Waals surface area contributed by atoms with Crippen LogP contribution in [0.15, 0.2) is 0 Å². The van der Waals surface area contributed by atoms with Gasteiger partial charge < -0.3 is 0 Å². The molecule has 120 valence electrons. The standard InChI is InChI=1S/C15H35N5/c1-7-11-13-19(9-3)16-15(18(5)6)17-20(10-4)14-12-8-2/h7-14H2,1-6H3,(H,16,17)/p+1. The van der Waals surface area contributed by atoms with Gasteiger partial charge in [-0.3, -0.25) is 4.58 Å². The summed E-state index contributed by atoms with van der Waals surface area (Å²) in [7, 11) is 4.13. The van der Waals surface area contributed by atoms with E-state index < -0.39 is 0 Å². The molecule has 0 aliphatic carbocycles. The Hall–Kier alpha value is -0.810. The van der Waals surface area contributed by atoms with Crippen LogP contribution < -0.4 is 10.9 Å². The van der Waals surface area contributed by atoms with Crippen molar-refractivity contribution in [1.29, 1.82) is 0 Å². The number of rotatable bonds is 10. The number of nitrogens with one attached hydrogen (secondary N) is 2. The highest BCUT2D eigenvalue weighted by atomic mass is 15.6. The van der Waals surface area contributed by atoms with Crippen LogP contribution in [-0.4, -0.2) is 60.8 Å². The van der Waals surface area contributed by atoms with Crippen molar-refractivity contribution in [3.8, 4) is 0 Å². The molecule has 0 bridgehead atoms. The molecule has 0 aromatic rings. The molecule has 0 aliphatic rings.